The first-order valence-electron chi connectivity index (χ1n) is 18.7. The number of carbonyl (C=O) groups is 2. The van der Waals surface area contributed by atoms with Gasteiger partial charge in [-0.15, -0.1) is 0 Å². The topological polar surface area (TPSA) is 80.3 Å². The largest absolute Gasteiger partial charge is 0.494 e. The highest BCUT2D eigenvalue weighted by Crippen LogP contribution is 2.30. The van der Waals surface area contributed by atoms with E-state index in [4.69, 9.17) is 23.7 Å². The van der Waals surface area contributed by atoms with E-state index in [0.29, 0.717) is 53.9 Å². The molecule has 0 amide bonds. The maximum Gasteiger partial charge on any atom is 0.343 e. The second-order valence-electron chi connectivity index (χ2n) is 12.6. The lowest BCUT2D eigenvalue weighted by Crippen LogP contribution is -2.10. The van der Waals surface area contributed by atoms with Gasteiger partial charge in [-0.2, -0.15) is 0 Å². The van der Waals surface area contributed by atoms with Gasteiger partial charge in [0.25, 0.3) is 0 Å². The van der Waals surface area contributed by atoms with Gasteiger partial charge < -0.3 is 23.7 Å². The van der Waals surface area contributed by atoms with Crippen molar-refractivity contribution >= 4 is 11.9 Å². The lowest BCUT2D eigenvalue weighted by Gasteiger charge is -2.14. The van der Waals surface area contributed by atoms with Crippen LogP contribution in [0.25, 0.3) is 0 Å². The van der Waals surface area contributed by atoms with Gasteiger partial charge in [0.1, 0.15) is 17.2 Å². The molecule has 268 valence electrons. The quantitative estimate of drug-likeness (QED) is 0.0476. The van der Waals surface area contributed by atoms with Crippen molar-refractivity contribution < 1.29 is 33.3 Å². The Morgan fingerprint density at radius 2 is 0.796 bits per heavy atom. The van der Waals surface area contributed by atoms with Crippen molar-refractivity contribution in [2.24, 2.45) is 0 Å². The molecule has 0 aliphatic heterocycles. The van der Waals surface area contributed by atoms with E-state index < -0.39 is 11.9 Å². The molecule has 0 radical (unpaired) electrons. The Hall–Kier alpha value is -4.00. The highest BCUT2D eigenvalue weighted by Gasteiger charge is 2.15. The standard InChI is InChI=1S/C42H58O7/c1-4-7-10-13-16-17-30-45-36-23-20-34(21-24-36)41(43)48-37-25-27-38(28-26-37)49-42(44)35-22-29-39(46-31-18-14-11-8-5-2)40(33-35)47-32-19-15-12-9-6-3/h20-29,33H,4-19,30-32H2,1-3H3. The third-order valence-electron chi connectivity index (χ3n) is 8.29. The summed E-state index contributed by atoms with van der Waals surface area (Å²) < 4.78 is 29.1. The van der Waals surface area contributed by atoms with Crippen molar-refractivity contribution in [2.75, 3.05) is 19.8 Å². The zero-order chi connectivity index (χ0) is 34.9. The first-order valence-corrected chi connectivity index (χ1v) is 18.7. The molecule has 0 aromatic heterocycles. The first kappa shape index (κ1) is 39.4. The van der Waals surface area contributed by atoms with Crippen molar-refractivity contribution in [3.05, 3.63) is 77.9 Å². The van der Waals surface area contributed by atoms with Gasteiger partial charge in [0.05, 0.1) is 30.9 Å². The SMILES string of the molecule is CCCCCCCCOc1ccc(C(=O)Oc2ccc(OC(=O)c3ccc(OCCCCCCC)c(OCCCCCCC)c3)cc2)cc1. The van der Waals surface area contributed by atoms with E-state index in [2.05, 4.69) is 20.8 Å². The van der Waals surface area contributed by atoms with Gasteiger partial charge in [0.2, 0.25) is 0 Å². The average molecular weight is 675 g/mol. The van der Waals surface area contributed by atoms with Gasteiger partial charge in [-0.25, -0.2) is 9.59 Å². The number of esters is 2. The molecule has 3 aromatic rings. The molecule has 0 N–H and O–H groups in total. The number of ether oxygens (including phenoxy) is 5. The van der Waals surface area contributed by atoms with Crippen LogP contribution in [0.4, 0.5) is 0 Å². The third kappa shape index (κ3) is 15.8. The maximum absolute atomic E-state index is 13.1. The van der Waals surface area contributed by atoms with Gasteiger partial charge >= 0.3 is 11.9 Å². The summed E-state index contributed by atoms with van der Waals surface area (Å²) in [5.74, 6) is 1.62. The molecule has 3 aromatic carbocycles. The zero-order valence-corrected chi connectivity index (χ0v) is 30.1. The molecule has 0 aliphatic carbocycles. The first-order chi connectivity index (χ1) is 24.0. The number of benzene rings is 3. The van der Waals surface area contributed by atoms with E-state index in [1.807, 2.05) is 0 Å². The van der Waals surface area contributed by atoms with Crippen LogP contribution in [0.1, 0.15) is 144 Å². The highest BCUT2D eigenvalue weighted by atomic mass is 16.5. The minimum absolute atomic E-state index is 0.336. The maximum atomic E-state index is 13.1. The van der Waals surface area contributed by atoms with Crippen LogP contribution in [0.15, 0.2) is 66.7 Å². The van der Waals surface area contributed by atoms with E-state index >= 15 is 0 Å². The van der Waals surface area contributed by atoms with Gasteiger partial charge in [-0.1, -0.05) is 104 Å². The molecular weight excluding hydrogens is 616 g/mol. The number of carbonyl (C=O) groups excluding carboxylic acids is 2. The summed E-state index contributed by atoms with van der Waals surface area (Å²) in [5.41, 5.74) is 0.788. The molecule has 0 saturated heterocycles. The minimum Gasteiger partial charge on any atom is -0.494 e. The Kier molecular flexibility index (Phi) is 19.5. The minimum atomic E-state index is -0.512. The molecule has 0 atom stereocenters. The monoisotopic (exact) mass is 674 g/mol. The molecule has 0 heterocycles. The summed E-state index contributed by atoms with van der Waals surface area (Å²) in [6.07, 6.45) is 18.7. The predicted octanol–water partition coefficient (Wildman–Crippen LogP) is 11.6. The summed E-state index contributed by atoms with van der Waals surface area (Å²) in [6, 6.07) is 18.5. The molecule has 0 spiro atoms. The van der Waals surface area contributed by atoms with Gasteiger partial charge in [0, 0.05) is 0 Å². The van der Waals surface area contributed by atoms with Gasteiger partial charge in [-0.05, 0) is 86.0 Å². The molecule has 0 aliphatic rings. The van der Waals surface area contributed by atoms with Crippen LogP contribution in [0.3, 0.4) is 0 Å². The molecular formula is C42H58O7. The average Bonchev–Trinajstić information content (AvgIpc) is 3.12. The normalized spacial score (nSPS) is 10.8. The molecule has 0 unspecified atom stereocenters. The summed E-state index contributed by atoms with van der Waals surface area (Å²) in [6.45, 7) is 8.46. The van der Waals surface area contributed by atoms with E-state index in [1.165, 1.54) is 70.6 Å². The second-order valence-corrected chi connectivity index (χ2v) is 12.6. The number of hydrogen-bond donors (Lipinski definition) is 0. The smallest absolute Gasteiger partial charge is 0.343 e. The number of hydrogen-bond acceptors (Lipinski definition) is 7. The molecule has 7 heteroatoms. The molecule has 3 rings (SSSR count). The highest BCUT2D eigenvalue weighted by molar-refractivity contribution is 5.92. The summed E-state index contributed by atoms with van der Waals surface area (Å²) in [7, 11) is 0. The van der Waals surface area contributed by atoms with Crippen molar-refractivity contribution in [3.8, 4) is 28.7 Å². The van der Waals surface area contributed by atoms with Crippen LogP contribution in [-0.4, -0.2) is 31.8 Å². The molecule has 0 bridgehead atoms. The summed E-state index contributed by atoms with van der Waals surface area (Å²) >= 11 is 0. The zero-order valence-electron chi connectivity index (χ0n) is 30.1. The van der Waals surface area contributed by atoms with Crippen LogP contribution in [0, 0.1) is 0 Å². The fraction of sp³-hybridized carbons (Fsp3) is 0.524. The van der Waals surface area contributed by atoms with Crippen molar-refractivity contribution in [2.45, 2.75) is 124 Å². The third-order valence-corrected chi connectivity index (χ3v) is 8.29. The van der Waals surface area contributed by atoms with Crippen LogP contribution >= 0.6 is 0 Å². The van der Waals surface area contributed by atoms with E-state index in [0.717, 1.165) is 37.9 Å². The summed E-state index contributed by atoms with van der Waals surface area (Å²) in [5, 5.41) is 0. The van der Waals surface area contributed by atoms with E-state index in [-0.39, 0.29) is 0 Å². The van der Waals surface area contributed by atoms with E-state index in [1.54, 1.807) is 66.7 Å². The van der Waals surface area contributed by atoms with Crippen LogP contribution in [0.2, 0.25) is 0 Å². The molecule has 7 nitrogen and oxygen atoms in total. The van der Waals surface area contributed by atoms with Crippen molar-refractivity contribution in [1.29, 1.82) is 0 Å². The van der Waals surface area contributed by atoms with Crippen LogP contribution < -0.4 is 23.7 Å². The molecule has 0 saturated carbocycles. The van der Waals surface area contributed by atoms with Gasteiger partial charge in [0.15, 0.2) is 11.5 Å². The fourth-order valence-corrected chi connectivity index (χ4v) is 5.31. The predicted molar refractivity (Wildman–Crippen MR) is 197 cm³/mol. The lowest BCUT2D eigenvalue weighted by molar-refractivity contribution is 0.0719. The molecule has 0 fully saturated rings. The van der Waals surface area contributed by atoms with Crippen LogP contribution in [-0.2, 0) is 0 Å². The Morgan fingerprint density at radius 3 is 1.31 bits per heavy atom. The van der Waals surface area contributed by atoms with Crippen LogP contribution in [0.5, 0.6) is 28.7 Å². The van der Waals surface area contributed by atoms with Crippen molar-refractivity contribution in [3.63, 3.8) is 0 Å². The summed E-state index contributed by atoms with van der Waals surface area (Å²) in [4.78, 5) is 25.8. The number of unbranched alkanes of at least 4 members (excludes halogenated alkanes) is 13. The van der Waals surface area contributed by atoms with Gasteiger partial charge in [-0.3, -0.25) is 0 Å². The lowest BCUT2D eigenvalue weighted by atomic mass is 10.1. The van der Waals surface area contributed by atoms with E-state index in [9.17, 15) is 9.59 Å². The Labute approximate surface area is 294 Å². The molecule has 49 heavy (non-hydrogen) atoms. The second kappa shape index (κ2) is 24.2. The Bertz CT molecular complexity index is 1330. The Morgan fingerprint density at radius 1 is 0.408 bits per heavy atom. The fourth-order valence-electron chi connectivity index (χ4n) is 5.31. The Balaban J connectivity index is 1.50. The number of rotatable bonds is 26. The van der Waals surface area contributed by atoms with Crippen molar-refractivity contribution in [1.82, 2.24) is 0 Å².